The number of rotatable bonds is 5. The molecule has 0 aliphatic carbocycles. The van der Waals surface area contributed by atoms with E-state index >= 15 is 0 Å². The molecule has 0 spiro atoms. The summed E-state index contributed by atoms with van der Waals surface area (Å²) >= 11 is 0. The van der Waals surface area contributed by atoms with Crippen LogP contribution in [-0.2, 0) is 10.0 Å². The minimum atomic E-state index is -3.78. The van der Waals surface area contributed by atoms with E-state index in [4.69, 9.17) is 0 Å². The topological polar surface area (TPSA) is 87.3 Å². The minimum Gasteiger partial charge on any atom is -0.348 e. The molecular formula is C19H24ClN3O3S. The molecule has 2 aromatic rings. The highest BCUT2D eigenvalue weighted by atomic mass is 35.5. The lowest BCUT2D eigenvalue weighted by Crippen LogP contribution is -2.36. The van der Waals surface area contributed by atoms with Crippen LogP contribution >= 0.6 is 12.4 Å². The van der Waals surface area contributed by atoms with Crippen LogP contribution in [0.25, 0.3) is 0 Å². The van der Waals surface area contributed by atoms with Gasteiger partial charge in [-0.3, -0.25) is 9.52 Å². The third-order valence-corrected chi connectivity index (χ3v) is 5.91. The Bertz CT molecular complexity index is 926. The van der Waals surface area contributed by atoms with Crippen molar-refractivity contribution in [2.75, 3.05) is 17.8 Å². The van der Waals surface area contributed by atoms with Gasteiger partial charge in [0.05, 0.1) is 10.6 Å². The number of anilines is 1. The summed E-state index contributed by atoms with van der Waals surface area (Å²) in [5.41, 5.74) is 2.47. The van der Waals surface area contributed by atoms with Crippen molar-refractivity contribution in [3.05, 3.63) is 59.2 Å². The lowest BCUT2D eigenvalue weighted by molar-refractivity contribution is 0.0939. The van der Waals surface area contributed by atoms with Crippen molar-refractivity contribution >= 4 is 34.0 Å². The van der Waals surface area contributed by atoms with Crippen molar-refractivity contribution in [2.45, 2.75) is 31.2 Å². The molecule has 3 N–H and O–H groups in total. The Morgan fingerprint density at radius 1 is 1.11 bits per heavy atom. The quantitative estimate of drug-likeness (QED) is 0.708. The first kappa shape index (κ1) is 21.2. The SMILES string of the molecule is Cc1ccccc1NS(=O)(=O)c1ccc(C)c(C(=O)NC2CCNC2)c1.Cl. The predicted octanol–water partition coefficient (Wildman–Crippen LogP) is 2.62. The fraction of sp³-hybridized carbons (Fsp3) is 0.316. The molecule has 27 heavy (non-hydrogen) atoms. The molecule has 3 rings (SSSR count). The highest BCUT2D eigenvalue weighted by Gasteiger charge is 2.21. The van der Waals surface area contributed by atoms with Gasteiger partial charge in [-0.05, 0) is 56.1 Å². The highest BCUT2D eigenvalue weighted by molar-refractivity contribution is 7.92. The Kier molecular flexibility index (Phi) is 6.86. The van der Waals surface area contributed by atoms with Gasteiger partial charge in [-0.2, -0.15) is 0 Å². The number of benzene rings is 2. The van der Waals surface area contributed by atoms with E-state index in [1.165, 1.54) is 12.1 Å². The molecule has 1 aliphatic rings. The van der Waals surface area contributed by atoms with Crippen molar-refractivity contribution in [1.82, 2.24) is 10.6 Å². The average Bonchev–Trinajstić information content (AvgIpc) is 3.10. The van der Waals surface area contributed by atoms with Gasteiger partial charge in [0.2, 0.25) is 0 Å². The van der Waals surface area contributed by atoms with Crippen molar-refractivity contribution in [1.29, 1.82) is 0 Å². The average molecular weight is 410 g/mol. The molecule has 6 nitrogen and oxygen atoms in total. The van der Waals surface area contributed by atoms with Gasteiger partial charge in [-0.1, -0.05) is 24.3 Å². The molecule has 1 saturated heterocycles. The number of nitrogens with one attached hydrogen (secondary N) is 3. The van der Waals surface area contributed by atoms with E-state index in [0.29, 0.717) is 11.3 Å². The molecule has 1 heterocycles. The summed E-state index contributed by atoms with van der Waals surface area (Å²) in [6.45, 7) is 5.24. The standard InChI is InChI=1S/C19H23N3O3S.ClH/c1-13-7-8-16(11-17(13)19(23)21-15-9-10-20-12-15)26(24,25)22-18-6-4-3-5-14(18)2;/h3-8,11,15,20,22H,9-10,12H2,1-2H3,(H,21,23);1H. The van der Waals surface area contributed by atoms with Gasteiger partial charge in [0.1, 0.15) is 0 Å². The summed E-state index contributed by atoms with van der Waals surface area (Å²) in [7, 11) is -3.78. The second-order valence-electron chi connectivity index (χ2n) is 6.56. The molecule has 1 atom stereocenters. The zero-order chi connectivity index (χ0) is 18.7. The molecule has 0 radical (unpaired) electrons. The molecule has 8 heteroatoms. The Morgan fingerprint density at radius 2 is 1.85 bits per heavy atom. The van der Waals surface area contributed by atoms with Crippen molar-refractivity contribution in [3.8, 4) is 0 Å². The number of amides is 1. The van der Waals surface area contributed by atoms with Crippen LogP contribution in [0, 0.1) is 13.8 Å². The Labute approximate surface area is 166 Å². The Hall–Kier alpha value is -2.09. The van der Waals surface area contributed by atoms with Gasteiger partial charge < -0.3 is 10.6 Å². The van der Waals surface area contributed by atoms with Crippen LogP contribution in [0.2, 0.25) is 0 Å². The third kappa shape index (κ3) is 5.00. The summed E-state index contributed by atoms with van der Waals surface area (Å²) in [6.07, 6.45) is 0.873. The Balaban J connectivity index is 0.00000261. The molecule has 0 bridgehead atoms. The Morgan fingerprint density at radius 3 is 2.52 bits per heavy atom. The normalized spacial score (nSPS) is 16.4. The largest absolute Gasteiger partial charge is 0.348 e. The number of aryl methyl sites for hydroxylation is 2. The number of para-hydroxylation sites is 1. The van der Waals surface area contributed by atoms with E-state index in [9.17, 15) is 13.2 Å². The molecular weight excluding hydrogens is 386 g/mol. The van der Waals surface area contributed by atoms with Crippen LogP contribution in [0.15, 0.2) is 47.4 Å². The molecule has 0 saturated carbocycles. The first-order valence-electron chi connectivity index (χ1n) is 8.57. The molecule has 1 aliphatic heterocycles. The van der Waals surface area contributed by atoms with E-state index in [1.807, 2.05) is 19.1 Å². The number of carbonyl (C=O) groups is 1. The van der Waals surface area contributed by atoms with E-state index in [0.717, 1.165) is 30.6 Å². The van der Waals surface area contributed by atoms with Gasteiger partial charge in [-0.25, -0.2) is 8.42 Å². The van der Waals surface area contributed by atoms with E-state index in [1.54, 1.807) is 25.1 Å². The summed E-state index contributed by atoms with van der Waals surface area (Å²) in [5.74, 6) is -0.246. The van der Waals surface area contributed by atoms with E-state index in [2.05, 4.69) is 15.4 Å². The lowest BCUT2D eigenvalue weighted by atomic mass is 10.1. The lowest BCUT2D eigenvalue weighted by Gasteiger charge is -2.15. The van der Waals surface area contributed by atoms with Crippen molar-refractivity contribution in [2.24, 2.45) is 0 Å². The maximum atomic E-state index is 12.7. The van der Waals surface area contributed by atoms with Crippen LogP contribution in [0.1, 0.15) is 27.9 Å². The van der Waals surface area contributed by atoms with E-state index in [-0.39, 0.29) is 29.3 Å². The summed E-state index contributed by atoms with van der Waals surface area (Å²) in [5, 5.41) is 6.15. The first-order valence-corrected chi connectivity index (χ1v) is 10.1. The van der Waals surface area contributed by atoms with Crippen LogP contribution in [0.5, 0.6) is 0 Å². The molecule has 0 aromatic heterocycles. The molecule has 1 unspecified atom stereocenters. The zero-order valence-corrected chi connectivity index (χ0v) is 16.9. The second kappa shape index (κ2) is 8.73. The van der Waals surface area contributed by atoms with E-state index < -0.39 is 10.0 Å². The minimum absolute atomic E-state index is 0. The smallest absolute Gasteiger partial charge is 0.261 e. The van der Waals surface area contributed by atoms with Crippen LogP contribution in [-0.4, -0.2) is 33.5 Å². The van der Waals surface area contributed by atoms with Crippen molar-refractivity contribution in [3.63, 3.8) is 0 Å². The number of hydrogen-bond donors (Lipinski definition) is 3. The van der Waals surface area contributed by atoms with Crippen LogP contribution < -0.4 is 15.4 Å². The summed E-state index contributed by atoms with van der Waals surface area (Å²) < 4.78 is 28.1. The maximum Gasteiger partial charge on any atom is 0.261 e. The van der Waals surface area contributed by atoms with Crippen molar-refractivity contribution < 1.29 is 13.2 Å². The molecule has 2 aromatic carbocycles. The van der Waals surface area contributed by atoms with Gasteiger partial charge in [0.25, 0.3) is 15.9 Å². The fourth-order valence-corrected chi connectivity index (χ4v) is 4.10. The summed E-state index contributed by atoms with van der Waals surface area (Å²) in [4.78, 5) is 12.6. The van der Waals surface area contributed by atoms with Gasteiger partial charge in [0, 0.05) is 18.2 Å². The maximum absolute atomic E-state index is 12.7. The molecule has 146 valence electrons. The number of hydrogen-bond acceptors (Lipinski definition) is 4. The van der Waals surface area contributed by atoms with Crippen LogP contribution in [0.4, 0.5) is 5.69 Å². The number of halogens is 1. The van der Waals surface area contributed by atoms with Gasteiger partial charge >= 0.3 is 0 Å². The molecule has 1 amide bonds. The number of sulfonamides is 1. The molecule has 1 fully saturated rings. The van der Waals surface area contributed by atoms with Crippen LogP contribution in [0.3, 0.4) is 0 Å². The predicted molar refractivity (Wildman–Crippen MR) is 109 cm³/mol. The fourth-order valence-electron chi connectivity index (χ4n) is 2.94. The highest BCUT2D eigenvalue weighted by Crippen LogP contribution is 2.21. The number of carbonyl (C=O) groups excluding carboxylic acids is 1. The third-order valence-electron chi connectivity index (χ3n) is 4.55. The second-order valence-corrected chi connectivity index (χ2v) is 8.24. The van der Waals surface area contributed by atoms with Gasteiger partial charge in [0.15, 0.2) is 0 Å². The monoisotopic (exact) mass is 409 g/mol. The first-order chi connectivity index (χ1) is 12.4. The van der Waals surface area contributed by atoms with Gasteiger partial charge in [-0.15, -0.1) is 12.4 Å². The summed E-state index contributed by atoms with van der Waals surface area (Å²) in [6, 6.07) is 11.9. The zero-order valence-electron chi connectivity index (χ0n) is 15.3.